The fourth-order valence-electron chi connectivity index (χ4n) is 3.96. The highest BCUT2D eigenvalue weighted by atomic mass is 16.5. The second-order valence-electron chi connectivity index (χ2n) is 7.08. The second kappa shape index (κ2) is 5.53. The summed E-state index contributed by atoms with van der Waals surface area (Å²) in [5.74, 6) is 3.37. The summed E-state index contributed by atoms with van der Waals surface area (Å²) in [4.78, 5) is 0. The maximum atomic E-state index is 6.44. The topological polar surface area (TPSA) is 44.5 Å². The number of hydrogen-bond acceptors (Lipinski definition) is 3. The van der Waals surface area contributed by atoms with Crippen LogP contribution in [0.1, 0.15) is 57.6 Å². The predicted molar refractivity (Wildman–Crippen MR) is 84.7 cm³/mol. The molecule has 1 aliphatic carbocycles. The summed E-state index contributed by atoms with van der Waals surface area (Å²) in [7, 11) is 1.69. The monoisotopic (exact) mass is 289 g/mol. The third-order valence-electron chi connectivity index (χ3n) is 5.42. The summed E-state index contributed by atoms with van der Waals surface area (Å²) in [6.45, 7) is 4.66. The van der Waals surface area contributed by atoms with Crippen LogP contribution in [-0.4, -0.2) is 12.7 Å². The zero-order chi connectivity index (χ0) is 15.0. The first kappa shape index (κ1) is 14.7. The molecule has 1 heterocycles. The first-order valence-corrected chi connectivity index (χ1v) is 8.15. The lowest BCUT2D eigenvalue weighted by Crippen LogP contribution is -2.46. The number of ether oxygens (including phenoxy) is 2. The third-order valence-corrected chi connectivity index (χ3v) is 5.42. The molecule has 0 radical (unpaired) electrons. The lowest BCUT2D eigenvalue weighted by molar-refractivity contribution is -0.0161. The molecule has 0 amide bonds. The molecule has 1 aliphatic heterocycles. The fraction of sp³-hybridized carbons (Fsp3) is 0.667. The van der Waals surface area contributed by atoms with E-state index in [0.29, 0.717) is 0 Å². The minimum Gasteiger partial charge on any atom is -0.497 e. The van der Waals surface area contributed by atoms with Crippen LogP contribution in [0.3, 0.4) is 0 Å². The van der Waals surface area contributed by atoms with E-state index in [0.717, 1.165) is 48.2 Å². The lowest BCUT2D eigenvalue weighted by Gasteiger charge is -2.46. The van der Waals surface area contributed by atoms with Crippen LogP contribution in [0.2, 0.25) is 0 Å². The van der Waals surface area contributed by atoms with Gasteiger partial charge in [-0.3, -0.25) is 0 Å². The molecule has 1 aromatic carbocycles. The van der Waals surface area contributed by atoms with E-state index in [9.17, 15) is 0 Å². The normalized spacial score (nSPS) is 31.9. The first-order valence-electron chi connectivity index (χ1n) is 8.15. The zero-order valence-electron chi connectivity index (χ0n) is 13.4. The van der Waals surface area contributed by atoms with Gasteiger partial charge in [0.25, 0.3) is 0 Å². The van der Waals surface area contributed by atoms with Crippen molar-refractivity contribution in [2.24, 2.45) is 17.6 Å². The van der Waals surface area contributed by atoms with Crippen molar-refractivity contribution in [3.05, 3.63) is 23.8 Å². The molecule has 0 aromatic heterocycles. The van der Waals surface area contributed by atoms with E-state index in [1.165, 1.54) is 12.8 Å². The largest absolute Gasteiger partial charge is 0.497 e. The standard InChI is InChI=1S/C18H27NO2/c1-12(2)13-6-8-18(9-7-13)11-16(19)15-5-4-14(20-3)10-17(15)21-18/h4-5,10,12-13,16H,6-9,11,19H2,1-3H3/t13?,16-,18?/m0/s1. The average Bonchev–Trinajstić information content (AvgIpc) is 2.47. The highest BCUT2D eigenvalue weighted by Gasteiger charge is 2.43. The SMILES string of the molecule is COc1ccc2c(c1)OC1(CCC(C(C)C)CC1)C[C@@H]2N. The van der Waals surface area contributed by atoms with Gasteiger partial charge in [-0.05, 0) is 43.6 Å². The van der Waals surface area contributed by atoms with E-state index >= 15 is 0 Å². The molecule has 3 rings (SSSR count). The van der Waals surface area contributed by atoms with Gasteiger partial charge in [0.15, 0.2) is 0 Å². The van der Waals surface area contributed by atoms with E-state index in [1.807, 2.05) is 18.2 Å². The Bertz CT molecular complexity index is 504. The minimum absolute atomic E-state index is 0.0514. The molecule has 0 unspecified atom stereocenters. The maximum absolute atomic E-state index is 6.44. The molecule has 2 N–H and O–H groups in total. The molecule has 116 valence electrons. The van der Waals surface area contributed by atoms with Gasteiger partial charge in [0.1, 0.15) is 17.1 Å². The van der Waals surface area contributed by atoms with Crippen molar-refractivity contribution in [2.45, 2.75) is 57.6 Å². The molecule has 0 bridgehead atoms. The number of hydrogen-bond donors (Lipinski definition) is 1. The molecule has 1 spiro atoms. The van der Waals surface area contributed by atoms with Crippen LogP contribution in [0.4, 0.5) is 0 Å². The molecular weight excluding hydrogens is 262 g/mol. The van der Waals surface area contributed by atoms with Crippen LogP contribution in [0.15, 0.2) is 18.2 Å². The van der Waals surface area contributed by atoms with Gasteiger partial charge in [-0.25, -0.2) is 0 Å². The quantitative estimate of drug-likeness (QED) is 0.893. The van der Waals surface area contributed by atoms with E-state index in [4.69, 9.17) is 15.2 Å². The highest BCUT2D eigenvalue weighted by Crippen LogP contribution is 2.48. The Kier molecular flexibility index (Phi) is 3.87. The molecule has 1 fully saturated rings. The Morgan fingerprint density at radius 1 is 1.29 bits per heavy atom. The summed E-state index contributed by atoms with van der Waals surface area (Å²) in [6, 6.07) is 6.08. The maximum Gasteiger partial charge on any atom is 0.128 e. The summed E-state index contributed by atoms with van der Waals surface area (Å²) in [5.41, 5.74) is 7.48. The van der Waals surface area contributed by atoms with Gasteiger partial charge in [0.2, 0.25) is 0 Å². The van der Waals surface area contributed by atoms with Crippen molar-refractivity contribution in [3.63, 3.8) is 0 Å². The summed E-state index contributed by atoms with van der Waals surface area (Å²) in [5, 5.41) is 0. The number of methoxy groups -OCH3 is 1. The molecule has 2 aliphatic rings. The molecule has 0 saturated heterocycles. The Hall–Kier alpha value is -1.22. The van der Waals surface area contributed by atoms with E-state index in [1.54, 1.807) is 7.11 Å². The van der Waals surface area contributed by atoms with Gasteiger partial charge < -0.3 is 15.2 Å². The summed E-state index contributed by atoms with van der Waals surface area (Å²) >= 11 is 0. The van der Waals surface area contributed by atoms with Crippen molar-refractivity contribution < 1.29 is 9.47 Å². The van der Waals surface area contributed by atoms with Gasteiger partial charge in [0, 0.05) is 24.1 Å². The minimum atomic E-state index is -0.0514. The van der Waals surface area contributed by atoms with Crippen molar-refractivity contribution in [3.8, 4) is 11.5 Å². The van der Waals surface area contributed by atoms with Crippen molar-refractivity contribution in [2.75, 3.05) is 7.11 Å². The molecule has 1 atom stereocenters. The predicted octanol–water partition coefficient (Wildman–Crippen LogP) is 4.06. The molecular formula is C18H27NO2. The van der Waals surface area contributed by atoms with Crippen LogP contribution < -0.4 is 15.2 Å². The van der Waals surface area contributed by atoms with Crippen molar-refractivity contribution in [1.29, 1.82) is 0 Å². The number of nitrogens with two attached hydrogens (primary N) is 1. The van der Waals surface area contributed by atoms with Crippen LogP contribution in [0.5, 0.6) is 11.5 Å². The van der Waals surface area contributed by atoms with Gasteiger partial charge in [-0.1, -0.05) is 19.9 Å². The third kappa shape index (κ3) is 2.76. The number of fused-ring (bicyclic) bond motifs is 1. The molecule has 1 saturated carbocycles. The van der Waals surface area contributed by atoms with Crippen LogP contribution in [0, 0.1) is 11.8 Å². The van der Waals surface area contributed by atoms with Crippen LogP contribution in [0.25, 0.3) is 0 Å². The molecule has 1 aromatic rings. The Morgan fingerprint density at radius 2 is 2.00 bits per heavy atom. The molecule has 3 nitrogen and oxygen atoms in total. The number of benzene rings is 1. The van der Waals surface area contributed by atoms with Gasteiger partial charge in [-0.2, -0.15) is 0 Å². The van der Waals surface area contributed by atoms with E-state index in [2.05, 4.69) is 13.8 Å². The van der Waals surface area contributed by atoms with Gasteiger partial charge in [-0.15, -0.1) is 0 Å². The fourth-order valence-corrected chi connectivity index (χ4v) is 3.96. The van der Waals surface area contributed by atoms with Crippen LogP contribution >= 0.6 is 0 Å². The highest BCUT2D eigenvalue weighted by molar-refractivity contribution is 5.44. The van der Waals surface area contributed by atoms with Crippen LogP contribution in [-0.2, 0) is 0 Å². The summed E-state index contributed by atoms with van der Waals surface area (Å²) in [6.07, 6.45) is 5.70. The second-order valence-corrected chi connectivity index (χ2v) is 7.08. The first-order chi connectivity index (χ1) is 10.0. The van der Waals surface area contributed by atoms with Gasteiger partial charge >= 0.3 is 0 Å². The smallest absolute Gasteiger partial charge is 0.128 e. The van der Waals surface area contributed by atoms with E-state index in [-0.39, 0.29) is 11.6 Å². The molecule has 21 heavy (non-hydrogen) atoms. The van der Waals surface area contributed by atoms with Crippen molar-refractivity contribution in [1.82, 2.24) is 0 Å². The van der Waals surface area contributed by atoms with E-state index < -0.39 is 0 Å². The average molecular weight is 289 g/mol. The Labute approximate surface area is 127 Å². The Balaban J connectivity index is 1.81. The summed E-state index contributed by atoms with van der Waals surface area (Å²) < 4.78 is 11.8. The lowest BCUT2D eigenvalue weighted by atomic mass is 9.71. The van der Waals surface area contributed by atoms with Crippen molar-refractivity contribution >= 4 is 0 Å². The number of rotatable bonds is 2. The molecule has 3 heteroatoms. The Morgan fingerprint density at radius 3 is 2.62 bits per heavy atom. The van der Waals surface area contributed by atoms with Gasteiger partial charge in [0.05, 0.1) is 7.11 Å². The zero-order valence-corrected chi connectivity index (χ0v) is 13.4.